The number of nitrogens with one attached hydrogen (secondary N) is 3. The minimum Gasteiger partial charge on any atom is -0.484 e. The lowest BCUT2D eigenvalue weighted by Gasteiger charge is -2.48. The maximum absolute atomic E-state index is 14.1. The molecule has 4 rings (SSSR count). The normalized spacial score (nSPS) is 32.6. The van der Waals surface area contributed by atoms with Gasteiger partial charge in [-0.15, -0.1) is 0 Å². The monoisotopic (exact) mass is 363 g/mol. The molecule has 138 valence electrons. The molecule has 1 aromatic rings. The molecule has 1 saturated heterocycles. The number of carbonyl (C=O) groups excluding carboxylic acids is 2. The number of anilines is 1. The van der Waals surface area contributed by atoms with Crippen molar-refractivity contribution in [2.24, 2.45) is 5.92 Å². The molecule has 3 aliphatic rings. The van der Waals surface area contributed by atoms with Crippen molar-refractivity contribution in [2.45, 2.75) is 37.5 Å². The van der Waals surface area contributed by atoms with Crippen LogP contribution in [0.2, 0.25) is 0 Å². The van der Waals surface area contributed by atoms with Crippen LogP contribution in [0.5, 0.6) is 0 Å². The van der Waals surface area contributed by atoms with E-state index >= 15 is 0 Å². The number of hydrogen-bond donors (Lipinski definition) is 3. The van der Waals surface area contributed by atoms with Gasteiger partial charge < -0.3 is 20.7 Å². The fourth-order valence-electron chi connectivity index (χ4n) is 4.32. The number of fused-ring (bicyclic) bond motifs is 3. The molecule has 4 unspecified atom stereocenters. The Morgan fingerprint density at radius 1 is 1.19 bits per heavy atom. The second-order valence-electron chi connectivity index (χ2n) is 7.09. The van der Waals surface area contributed by atoms with Crippen molar-refractivity contribution in [3.8, 4) is 0 Å². The van der Waals surface area contributed by atoms with Crippen LogP contribution in [0.1, 0.15) is 25.3 Å². The highest BCUT2D eigenvalue weighted by Crippen LogP contribution is 2.45. The molecule has 0 spiro atoms. The summed E-state index contributed by atoms with van der Waals surface area (Å²) in [5.74, 6) is -2.02. The highest BCUT2D eigenvalue weighted by molar-refractivity contribution is 6.00. The molecule has 3 N–H and O–H groups in total. The van der Waals surface area contributed by atoms with Gasteiger partial charge in [-0.3, -0.25) is 4.79 Å². The lowest BCUT2D eigenvalue weighted by atomic mass is 9.68. The van der Waals surface area contributed by atoms with E-state index in [0.717, 1.165) is 12.1 Å². The summed E-state index contributed by atoms with van der Waals surface area (Å²) in [5.41, 5.74) is -1.09. The number of carbonyl (C=O) groups is 2. The predicted molar refractivity (Wildman–Crippen MR) is 90.3 cm³/mol. The largest absolute Gasteiger partial charge is 0.484 e. The van der Waals surface area contributed by atoms with Crippen LogP contribution in [0.4, 0.5) is 19.3 Å². The van der Waals surface area contributed by atoms with Crippen LogP contribution in [0.25, 0.3) is 5.76 Å². The van der Waals surface area contributed by atoms with Crippen LogP contribution >= 0.6 is 0 Å². The van der Waals surface area contributed by atoms with Gasteiger partial charge in [-0.05, 0) is 31.9 Å². The number of ether oxygens (including phenoxy) is 1. The van der Waals surface area contributed by atoms with Crippen molar-refractivity contribution in [1.29, 1.82) is 0 Å². The Labute approximate surface area is 149 Å². The van der Waals surface area contributed by atoms with Gasteiger partial charge in [0.25, 0.3) is 0 Å². The van der Waals surface area contributed by atoms with Crippen LogP contribution in [-0.4, -0.2) is 36.5 Å². The fraction of sp³-hybridized carbons (Fsp3) is 0.444. The van der Waals surface area contributed by atoms with Gasteiger partial charge in [-0.2, -0.15) is 0 Å². The van der Waals surface area contributed by atoms with Crippen molar-refractivity contribution in [1.82, 2.24) is 10.6 Å². The molecule has 26 heavy (non-hydrogen) atoms. The molecule has 2 fully saturated rings. The zero-order chi connectivity index (χ0) is 18.6. The third kappa shape index (κ3) is 2.35. The van der Waals surface area contributed by atoms with E-state index in [1.54, 1.807) is 6.92 Å². The fourth-order valence-corrected chi connectivity index (χ4v) is 4.32. The zero-order valence-corrected chi connectivity index (χ0v) is 14.4. The molecule has 4 atom stereocenters. The van der Waals surface area contributed by atoms with E-state index in [-0.39, 0.29) is 34.9 Å². The standard InChI is InChI=1S/C18H19F2N3O3/c1-18-9(3-4-12-16(18)23-17(25)22-12)13(24)7-14(26-18)8-5-10(19)15(21-2)11(20)6-8/h5-7,9,12,16,21H,3-4H2,1-2H3,(H2,22,23,25). The Morgan fingerprint density at radius 2 is 1.88 bits per heavy atom. The molecule has 1 aromatic carbocycles. The van der Waals surface area contributed by atoms with Crippen molar-refractivity contribution in [3.63, 3.8) is 0 Å². The van der Waals surface area contributed by atoms with Crippen molar-refractivity contribution >= 4 is 23.3 Å². The lowest BCUT2D eigenvalue weighted by molar-refractivity contribution is -0.135. The maximum Gasteiger partial charge on any atom is 0.315 e. The molecule has 2 heterocycles. The molecule has 2 aliphatic heterocycles. The summed E-state index contributed by atoms with van der Waals surface area (Å²) in [5, 5.41) is 8.10. The van der Waals surface area contributed by atoms with Gasteiger partial charge in [0.15, 0.2) is 5.78 Å². The SMILES string of the molecule is CNc1c(F)cc(C2=CC(=O)C3CCC4NC(=O)NC4C3(C)O2)cc1F. The summed E-state index contributed by atoms with van der Waals surface area (Å²) in [6, 6.07) is 1.42. The third-order valence-corrected chi connectivity index (χ3v) is 5.60. The first-order valence-electron chi connectivity index (χ1n) is 8.52. The van der Waals surface area contributed by atoms with E-state index in [1.807, 2.05) is 0 Å². The topological polar surface area (TPSA) is 79.5 Å². The quantitative estimate of drug-likeness (QED) is 0.752. The summed E-state index contributed by atoms with van der Waals surface area (Å²) in [7, 11) is 1.42. The van der Waals surface area contributed by atoms with Gasteiger partial charge in [0.2, 0.25) is 0 Å². The summed E-state index contributed by atoms with van der Waals surface area (Å²) in [6.45, 7) is 1.77. The molecular weight excluding hydrogens is 344 g/mol. The number of allylic oxidation sites excluding steroid dienone is 1. The first-order chi connectivity index (χ1) is 12.3. The smallest absolute Gasteiger partial charge is 0.315 e. The number of hydrogen-bond acceptors (Lipinski definition) is 4. The number of halogens is 2. The van der Waals surface area contributed by atoms with E-state index in [2.05, 4.69) is 16.0 Å². The van der Waals surface area contributed by atoms with Crippen LogP contribution in [-0.2, 0) is 9.53 Å². The Balaban J connectivity index is 1.74. The van der Waals surface area contributed by atoms with Gasteiger partial charge in [0.1, 0.15) is 28.7 Å². The first-order valence-corrected chi connectivity index (χ1v) is 8.52. The average Bonchev–Trinajstić information content (AvgIpc) is 2.96. The Hall–Kier alpha value is -2.64. The van der Waals surface area contributed by atoms with Gasteiger partial charge in [-0.25, -0.2) is 13.6 Å². The lowest BCUT2D eigenvalue weighted by Crippen LogP contribution is -2.63. The van der Waals surface area contributed by atoms with E-state index in [9.17, 15) is 18.4 Å². The summed E-state index contributed by atoms with van der Waals surface area (Å²) < 4.78 is 34.4. The zero-order valence-electron chi connectivity index (χ0n) is 14.4. The molecule has 2 amide bonds. The summed E-state index contributed by atoms with van der Waals surface area (Å²) >= 11 is 0. The molecule has 6 nitrogen and oxygen atoms in total. The number of ketones is 1. The summed E-state index contributed by atoms with van der Waals surface area (Å²) in [4.78, 5) is 24.4. The Kier molecular flexibility index (Phi) is 3.68. The molecule has 1 saturated carbocycles. The highest BCUT2D eigenvalue weighted by atomic mass is 19.1. The van der Waals surface area contributed by atoms with Gasteiger partial charge in [-0.1, -0.05) is 0 Å². The molecule has 0 radical (unpaired) electrons. The predicted octanol–water partition coefficient (Wildman–Crippen LogP) is 2.17. The van der Waals surface area contributed by atoms with Crippen molar-refractivity contribution in [3.05, 3.63) is 35.4 Å². The Bertz CT molecular complexity index is 818. The van der Waals surface area contributed by atoms with E-state index in [0.29, 0.717) is 12.8 Å². The van der Waals surface area contributed by atoms with E-state index < -0.39 is 29.2 Å². The van der Waals surface area contributed by atoms with Crippen LogP contribution < -0.4 is 16.0 Å². The van der Waals surface area contributed by atoms with Gasteiger partial charge in [0, 0.05) is 18.7 Å². The number of amides is 2. The molecule has 8 heteroatoms. The van der Waals surface area contributed by atoms with Crippen molar-refractivity contribution < 1.29 is 23.1 Å². The van der Waals surface area contributed by atoms with Gasteiger partial charge >= 0.3 is 6.03 Å². The minimum absolute atomic E-state index is 0.107. The molecule has 0 bridgehead atoms. The minimum atomic E-state index is -0.988. The Morgan fingerprint density at radius 3 is 2.54 bits per heavy atom. The second kappa shape index (κ2) is 5.69. The number of urea groups is 1. The molecule has 0 aromatic heterocycles. The third-order valence-electron chi connectivity index (χ3n) is 5.60. The molecular formula is C18H19F2N3O3. The summed E-state index contributed by atoms with van der Waals surface area (Å²) in [6.07, 6.45) is 2.54. The van der Waals surface area contributed by atoms with E-state index in [1.165, 1.54) is 13.1 Å². The van der Waals surface area contributed by atoms with Crippen molar-refractivity contribution in [2.75, 3.05) is 12.4 Å². The maximum atomic E-state index is 14.1. The molecule has 1 aliphatic carbocycles. The van der Waals surface area contributed by atoms with Crippen LogP contribution in [0.3, 0.4) is 0 Å². The number of benzene rings is 1. The average molecular weight is 363 g/mol. The van der Waals surface area contributed by atoms with Gasteiger partial charge in [0.05, 0.1) is 18.0 Å². The number of rotatable bonds is 2. The first kappa shape index (κ1) is 16.8. The second-order valence-corrected chi connectivity index (χ2v) is 7.09. The van der Waals surface area contributed by atoms with Crippen LogP contribution in [0, 0.1) is 17.6 Å². The highest BCUT2D eigenvalue weighted by Gasteiger charge is 2.57. The van der Waals surface area contributed by atoms with Crippen LogP contribution in [0.15, 0.2) is 18.2 Å². The van der Waals surface area contributed by atoms with E-state index in [4.69, 9.17) is 4.74 Å².